The number of rotatable bonds is 9. The summed E-state index contributed by atoms with van der Waals surface area (Å²) >= 11 is 0. The summed E-state index contributed by atoms with van der Waals surface area (Å²) in [7, 11) is 1.57. The van der Waals surface area contributed by atoms with Crippen LogP contribution in [0.3, 0.4) is 0 Å². The van der Waals surface area contributed by atoms with Crippen molar-refractivity contribution in [3.63, 3.8) is 0 Å². The van der Waals surface area contributed by atoms with Gasteiger partial charge in [0.1, 0.15) is 18.0 Å². The Hall–Kier alpha value is -3.02. The zero-order valence-electron chi connectivity index (χ0n) is 17.8. The Morgan fingerprint density at radius 3 is 2.48 bits per heavy atom. The van der Waals surface area contributed by atoms with Gasteiger partial charge >= 0.3 is 0 Å². The lowest BCUT2D eigenvalue weighted by molar-refractivity contribution is -0.138. The summed E-state index contributed by atoms with van der Waals surface area (Å²) in [6.07, 6.45) is 0.738. The zero-order valence-corrected chi connectivity index (χ0v) is 17.8. The standard InChI is InChI=1S/C23H30N2O4/c1-6-17(3)25(14-22(26)24-21-12-7-9-16(2)18(21)4)23(27)15-29-20-11-8-10-19(13-20)28-5/h7-13,17H,6,14-15H2,1-5H3,(H,24,26). The largest absolute Gasteiger partial charge is 0.497 e. The smallest absolute Gasteiger partial charge is 0.261 e. The first-order valence-electron chi connectivity index (χ1n) is 9.78. The van der Waals surface area contributed by atoms with Crippen LogP contribution in [-0.4, -0.2) is 43.0 Å². The molecule has 1 atom stereocenters. The van der Waals surface area contributed by atoms with Gasteiger partial charge in [0.25, 0.3) is 5.91 Å². The van der Waals surface area contributed by atoms with Gasteiger partial charge < -0.3 is 19.7 Å². The minimum atomic E-state index is -0.238. The predicted molar refractivity (Wildman–Crippen MR) is 115 cm³/mol. The first-order chi connectivity index (χ1) is 13.8. The molecule has 1 N–H and O–H groups in total. The molecule has 2 amide bonds. The number of ether oxygens (including phenoxy) is 2. The number of anilines is 1. The molecule has 0 radical (unpaired) electrons. The topological polar surface area (TPSA) is 67.9 Å². The molecule has 0 aliphatic heterocycles. The van der Waals surface area contributed by atoms with E-state index in [9.17, 15) is 9.59 Å². The van der Waals surface area contributed by atoms with Crippen molar-refractivity contribution >= 4 is 17.5 Å². The molecule has 2 aromatic carbocycles. The molecule has 2 aromatic rings. The second kappa shape index (κ2) is 10.5. The Morgan fingerprint density at radius 1 is 1.10 bits per heavy atom. The van der Waals surface area contributed by atoms with Crippen LogP contribution in [0, 0.1) is 13.8 Å². The molecule has 29 heavy (non-hydrogen) atoms. The maximum atomic E-state index is 12.8. The summed E-state index contributed by atoms with van der Waals surface area (Å²) in [6, 6.07) is 12.8. The summed E-state index contributed by atoms with van der Waals surface area (Å²) < 4.78 is 10.8. The van der Waals surface area contributed by atoms with E-state index in [1.807, 2.05) is 45.9 Å². The van der Waals surface area contributed by atoms with Gasteiger partial charge in [0, 0.05) is 17.8 Å². The van der Waals surface area contributed by atoms with Crippen molar-refractivity contribution in [2.75, 3.05) is 25.6 Å². The quantitative estimate of drug-likeness (QED) is 0.694. The fourth-order valence-electron chi connectivity index (χ4n) is 2.86. The van der Waals surface area contributed by atoms with Gasteiger partial charge in [0.05, 0.1) is 7.11 Å². The number of nitrogens with zero attached hydrogens (tertiary/aromatic N) is 1. The van der Waals surface area contributed by atoms with E-state index in [1.54, 1.807) is 36.3 Å². The molecule has 0 saturated carbocycles. The van der Waals surface area contributed by atoms with E-state index in [0.717, 1.165) is 23.2 Å². The maximum Gasteiger partial charge on any atom is 0.261 e. The Balaban J connectivity index is 2.02. The number of hydrogen-bond donors (Lipinski definition) is 1. The second-order valence-corrected chi connectivity index (χ2v) is 7.04. The molecule has 156 valence electrons. The van der Waals surface area contributed by atoms with Crippen molar-refractivity contribution in [3.05, 3.63) is 53.6 Å². The molecule has 0 aliphatic rings. The van der Waals surface area contributed by atoms with Crippen LogP contribution in [0.1, 0.15) is 31.4 Å². The van der Waals surface area contributed by atoms with Crippen molar-refractivity contribution in [1.82, 2.24) is 4.90 Å². The predicted octanol–water partition coefficient (Wildman–Crippen LogP) is 3.96. The van der Waals surface area contributed by atoms with E-state index in [-0.39, 0.29) is 31.0 Å². The molecule has 6 nitrogen and oxygen atoms in total. The lowest BCUT2D eigenvalue weighted by Gasteiger charge is -2.28. The number of methoxy groups -OCH3 is 1. The molecule has 0 aromatic heterocycles. The summed E-state index contributed by atoms with van der Waals surface area (Å²) in [5.74, 6) is 0.732. The van der Waals surface area contributed by atoms with E-state index in [4.69, 9.17) is 9.47 Å². The number of benzene rings is 2. The van der Waals surface area contributed by atoms with E-state index in [0.29, 0.717) is 11.5 Å². The number of hydrogen-bond acceptors (Lipinski definition) is 4. The lowest BCUT2D eigenvalue weighted by atomic mass is 10.1. The summed E-state index contributed by atoms with van der Waals surface area (Å²) in [6.45, 7) is 7.70. The van der Waals surface area contributed by atoms with Crippen LogP contribution >= 0.6 is 0 Å². The van der Waals surface area contributed by atoms with Crippen LogP contribution in [0.15, 0.2) is 42.5 Å². The highest BCUT2D eigenvalue weighted by atomic mass is 16.5. The van der Waals surface area contributed by atoms with E-state index in [2.05, 4.69) is 5.32 Å². The minimum absolute atomic E-state index is 0.0251. The molecule has 1 unspecified atom stereocenters. The third-order valence-corrected chi connectivity index (χ3v) is 5.04. The molecular formula is C23H30N2O4. The third kappa shape index (κ3) is 6.24. The average molecular weight is 399 g/mol. The number of aryl methyl sites for hydroxylation is 1. The van der Waals surface area contributed by atoms with Crippen molar-refractivity contribution in [3.8, 4) is 11.5 Å². The number of carbonyl (C=O) groups excluding carboxylic acids is 2. The summed E-state index contributed by atoms with van der Waals surface area (Å²) in [5.41, 5.74) is 2.88. The van der Waals surface area contributed by atoms with Crippen molar-refractivity contribution < 1.29 is 19.1 Å². The van der Waals surface area contributed by atoms with Crippen LogP contribution in [0.2, 0.25) is 0 Å². The van der Waals surface area contributed by atoms with Crippen molar-refractivity contribution in [1.29, 1.82) is 0 Å². The molecule has 0 aliphatic carbocycles. The Kier molecular flexibility index (Phi) is 8.07. The van der Waals surface area contributed by atoms with E-state index in [1.165, 1.54) is 0 Å². The number of amides is 2. The molecule has 0 fully saturated rings. The normalized spacial score (nSPS) is 11.5. The highest BCUT2D eigenvalue weighted by Crippen LogP contribution is 2.20. The fourth-order valence-corrected chi connectivity index (χ4v) is 2.86. The van der Waals surface area contributed by atoms with Gasteiger partial charge in [-0.3, -0.25) is 9.59 Å². The van der Waals surface area contributed by atoms with Crippen LogP contribution < -0.4 is 14.8 Å². The molecule has 0 spiro atoms. The molecule has 6 heteroatoms. The minimum Gasteiger partial charge on any atom is -0.497 e. The van der Waals surface area contributed by atoms with Crippen LogP contribution in [0.25, 0.3) is 0 Å². The van der Waals surface area contributed by atoms with E-state index < -0.39 is 0 Å². The second-order valence-electron chi connectivity index (χ2n) is 7.04. The first kappa shape index (κ1) is 22.3. The Bertz CT molecular complexity index is 851. The third-order valence-electron chi connectivity index (χ3n) is 5.04. The number of carbonyl (C=O) groups is 2. The maximum absolute atomic E-state index is 12.8. The fraction of sp³-hybridized carbons (Fsp3) is 0.391. The number of nitrogens with one attached hydrogen (secondary N) is 1. The average Bonchev–Trinajstić information content (AvgIpc) is 2.73. The van der Waals surface area contributed by atoms with Crippen molar-refractivity contribution in [2.45, 2.75) is 40.2 Å². The summed E-state index contributed by atoms with van der Waals surface area (Å²) in [5, 5.41) is 2.91. The van der Waals surface area contributed by atoms with Crippen LogP contribution in [0.4, 0.5) is 5.69 Å². The van der Waals surface area contributed by atoms with Gasteiger partial charge in [-0.1, -0.05) is 25.1 Å². The highest BCUT2D eigenvalue weighted by Gasteiger charge is 2.22. The molecule has 0 bridgehead atoms. The van der Waals surface area contributed by atoms with Crippen LogP contribution in [0.5, 0.6) is 11.5 Å². The zero-order chi connectivity index (χ0) is 21.4. The van der Waals surface area contributed by atoms with Gasteiger partial charge in [-0.05, 0) is 56.5 Å². The molecule has 0 heterocycles. The molecular weight excluding hydrogens is 368 g/mol. The van der Waals surface area contributed by atoms with Gasteiger partial charge in [-0.25, -0.2) is 0 Å². The molecule has 0 saturated heterocycles. The van der Waals surface area contributed by atoms with Gasteiger partial charge in [-0.2, -0.15) is 0 Å². The van der Waals surface area contributed by atoms with E-state index >= 15 is 0 Å². The summed E-state index contributed by atoms with van der Waals surface area (Å²) in [4.78, 5) is 26.9. The highest BCUT2D eigenvalue weighted by molar-refractivity contribution is 5.95. The Labute approximate surface area is 172 Å². The Morgan fingerprint density at radius 2 is 1.79 bits per heavy atom. The lowest BCUT2D eigenvalue weighted by Crippen LogP contribution is -2.45. The van der Waals surface area contributed by atoms with Gasteiger partial charge in [-0.15, -0.1) is 0 Å². The SMILES string of the molecule is CCC(C)N(CC(=O)Nc1cccc(C)c1C)C(=O)COc1cccc(OC)c1. The van der Waals surface area contributed by atoms with Gasteiger partial charge in [0.2, 0.25) is 5.91 Å². The van der Waals surface area contributed by atoms with Crippen molar-refractivity contribution in [2.24, 2.45) is 0 Å². The van der Waals surface area contributed by atoms with Gasteiger partial charge in [0.15, 0.2) is 6.61 Å². The molecule has 2 rings (SSSR count). The monoisotopic (exact) mass is 398 g/mol. The van der Waals surface area contributed by atoms with Crippen LogP contribution in [-0.2, 0) is 9.59 Å². The first-order valence-corrected chi connectivity index (χ1v) is 9.78.